The molecule has 1 rings (SSSR count). The molecule has 3 N–H and O–H groups in total. The van der Waals surface area contributed by atoms with E-state index in [-0.39, 0.29) is 12.5 Å². The normalized spacial score (nSPS) is 12.1. The zero-order chi connectivity index (χ0) is 13.5. The van der Waals surface area contributed by atoms with Gasteiger partial charge in [-0.1, -0.05) is 0 Å². The van der Waals surface area contributed by atoms with Crippen molar-refractivity contribution in [3.63, 3.8) is 0 Å². The van der Waals surface area contributed by atoms with Gasteiger partial charge in [-0.25, -0.2) is 9.78 Å². The number of amides is 1. The second-order valence-corrected chi connectivity index (χ2v) is 4.97. The molecule has 0 aliphatic carbocycles. The lowest BCUT2D eigenvalue weighted by molar-refractivity contribution is -0.141. The lowest BCUT2D eigenvalue weighted by Crippen LogP contribution is -2.46. The minimum absolute atomic E-state index is 0.206. The van der Waals surface area contributed by atoms with Crippen LogP contribution < -0.4 is 10.6 Å². The molecule has 1 amide bonds. The zero-order valence-electron chi connectivity index (χ0n) is 10.4. The third-order valence-electron chi connectivity index (χ3n) is 2.25. The van der Waals surface area contributed by atoms with Crippen molar-refractivity contribution in [1.29, 1.82) is 0 Å². The molecule has 0 radical (unpaired) electrons. The third kappa shape index (κ3) is 5.24. The van der Waals surface area contributed by atoms with Crippen LogP contribution in [0.15, 0.2) is 5.38 Å². The number of carboxylic acid groups (broad SMARTS) is 1. The number of nitrogens with one attached hydrogen (secondary N) is 2. The first kappa shape index (κ1) is 14.6. The van der Waals surface area contributed by atoms with Crippen LogP contribution in [0.4, 0.5) is 0 Å². The maximum Gasteiger partial charge on any atom is 0.327 e. The van der Waals surface area contributed by atoms with Crippen LogP contribution >= 0.6 is 11.3 Å². The lowest BCUT2D eigenvalue weighted by atomic mass is 10.2. The van der Waals surface area contributed by atoms with Gasteiger partial charge in [0.05, 0.1) is 10.7 Å². The summed E-state index contributed by atoms with van der Waals surface area (Å²) < 4.78 is 0. The number of hydrogen-bond acceptors (Lipinski definition) is 5. The fraction of sp³-hybridized carbons (Fsp3) is 0.545. The van der Waals surface area contributed by atoms with Gasteiger partial charge in [0.15, 0.2) is 0 Å². The third-order valence-corrected chi connectivity index (χ3v) is 3.07. The van der Waals surface area contributed by atoms with Crippen molar-refractivity contribution in [2.75, 3.05) is 13.1 Å². The summed E-state index contributed by atoms with van der Waals surface area (Å²) in [5.41, 5.74) is 0.997. The van der Waals surface area contributed by atoms with Crippen molar-refractivity contribution in [1.82, 2.24) is 15.6 Å². The van der Waals surface area contributed by atoms with Gasteiger partial charge in [0.2, 0.25) is 5.91 Å². The summed E-state index contributed by atoms with van der Waals surface area (Å²) in [4.78, 5) is 25.9. The van der Waals surface area contributed by atoms with Crippen LogP contribution in [0.1, 0.15) is 17.6 Å². The molecule has 1 heterocycles. The first-order valence-electron chi connectivity index (χ1n) is 5.60. The van der Waals surface area contributed by atoms with Crippen molar-refractivity contribution in [2.24, 2.45) is 0 Å². The topological polar surface area (TPSA) is 91.3 Å². The Balaban J connectivity index is 2.26. The second kappa shape index (κ2) is 7.07. The molecular formula is C11H17N3O3S. The van der Waals surface area contributed by atoms with E-state index in [0.717, 1.165) is 17.1 Å². The van der Waals surface area contributed by atoms with Gasteiger partial charge in [-0.05, 0) is 6.92 Å². The number of aromatic nitrogens is 1. The molecule has 0 aliphatic rings. The molecule has 0 saturated carbocycles. The molecule has 0 bridgehead atoms. The smallest absolute Gasteiger partial charge is 0.327 e. The van der Waals surface area contributed by atoms with Crippen LogP contribution in [-0.4, -0.2) is 41.1 Å². The van der Waals surface area contributed by atoms with E-state index in [4.69, 9.17) is 5.11 Å². The Morgan fingerprint density at radius 3 is 2.78 bits per heavy atom. The van der Waals surface area contributed by atoms with E-state index in [1.54, 1.807) is 11.3 Å². The molecule has 18 heavy (non-hydrogen) atoms. The van der Waals surface area contributed by atoms with Gasteiger partial charge in [0.1, 0.15) is 6.04 Å². The molecule has 1 atom stereocenters. The van der Waals surface area contributed by atoms with E-state index in [2.05, 4.69) is 15.6 Å². The molecular weight excluding hydrogens is 254 g/mol. The van der Waals surface area contributed by atoms with Crippen molar-refractivity contribution in [2.45, 2.75) is 26.3 Å². The van der Waals surface area contributed by atoms with Gasteiger partial charge in [-0.15, -0.1) is 11.3 Å². The Labute approximate surface area is 109 Å². The number of hydrogen-bond donors (Lipinski definition) is 3. The average Bonchev–Trinajstić information content (AvgIpc) is 2.68. The minimum Gasteiger partial charge on any atom is -0.480 e. The maximum absolute atomic E-state index is 10.8. The van der Waals surface area contributed by atoms with Crippen LogP contribution in [0.5, 0.6) is 0 Å². The molecule has 100 valence electrons. The molecule has 0 aromatic carbocycles. The highest BCUT2D eigenvalue weighted by atomic mass is 32.1. The highest BCUT2D eigenvalue weighted by molar-refractivity contribution is 7.09. The Bertz CT molecular complexity index is 419. The van der Waals surface area contributed by atoms with Gasteiger partial charge in [-0.3, -0.25) is 4.79 Å². The number of aryl methyl sites for hydroxylation is 1. The molecule has 0 aliphatic heterocycles. The first-order valence-corrected chi connectivity index (χ1v) is 6.48. The number of thiazole rings is 1. The molecule has 0 spiro atoms. The summed E-state index contributed by atoms with van der Waals surface area (Å²) in [6, 6.07) is -0.889. The summed E-state index contributed by atoms with van der Waals surface area (Å²) in [5.74, 6) is -1.39. The van der Waals surface area contributed by atoms with Crippen molar-refractivity contribution in [3.05, 3.63) is 16.1 Å². The first-order chi connectivity index (χ1) is 8.49. The van der Waals surface area contributed by atoms with Crippen LogP contribution in [0.25, 0.3) is 0 Å². The predicted molar refractivity (Wildman–Crippen MR) is 68.7 cm³/mol. The monoisotopic (exact) mass is 271 g/mol. The van der Waals surface area contributed by atoms with E-state index in [1.165, 1.54) is 6.92 Å². The number of carboxylic acids is 1. The molecule has 1 unspecified atom stereocenters. The van der Waals surface area contributed by atoms with E-state index < -0.39 is 12.0 Å². The van der Waals surface area contributed by atoms with Gasteiger partial charge in [-0.2, -0.15) is 0 Å². The minimum atomic E-state index is -1.04. The Hall–Kier alpha value is -1.47. The fourth-order valence-electron chi connectivity index (χ4n) is 1.43. The van der Waals surface area contributed by atoms with Gasteiger partial charge >= 0.3 is 5.97 Å². The number of carbonyl (C=O) groups excluding carboxylic acids is 1. The van der Waals surface area contributed by atoms with E-state index in [1.807, 2.05) is 12.3 Å². The average molecular weight is 271 g/mol. The standard InChI is InChI=1S/C11H17N3O3S/c1-7(15)13-10(11(16)17)5-12-4-3-9-6-18-8(2)14-9/h6,10,12H,3-5H2,1-2H3,(H,13,15)(H,16,17). The predicted octanol–water partition coefficient (Wildman–Crippen LogP) is 0.173. The maximum atomic E-state index is 10.8. The number of rotatable bonds is 7. The number of carbonyl (C=O) groups is 2. The highest BCUT2D eigenvalue weighted by Crippen LogP contribution is 2.07. The van der Waals surface area contributed by atoms with Gasteiger partial charge < -0.3 is 15.7 Å². The van der Waals surface area contributed by atoms with E-state index in [0.29, 0.717) is 6.54 Å². The van der Waals surface area contributed by atoms with Gasteiger partial charge in [0, 0.05) is 31.8 Å². The molecule has 7 heteroatoms. The summed E-state index contributed by atoms with van der Waals surface area (Å²) in [5, 5.41) is 17.2. The molecule has 1 aromatic rings. The zero-order valence-corrected chi connectivity index (χ0v) is 11.2. The highest BCUT2D eigenvalue weighted by Gasteiger charge is 2.17. The quantitative estimate of drug-likeness (QED) is 0.615. The van der Waals surface area contributed by atoms with Crippen molar-refractivity contribution < 1.29 is 14.7 Å². The van der Waals surface area contributed by atoms with Crippen molar-refractivity contribution in [3.8, 4) is 0 Å². The summed E-state index contributed by atoms with van der Waals surface area (Å²) in [6.07, 6.45) is 0.747. The van der Waals surface area contributed by atoms with E-state index >= 15 is 0 Å². The number of aliphatic carboxylic acids is 1. The lowest BCUT2D eigenvalue weighted by Gasteiger charge is -2.13. The van der Waals surface area contributed by atoms with Crippen LogP contribution in [0, 0.1) is 6.92 Å². The Morgan fingerprint density at radius 2 is 2.28 bits per heavy atom. The number of nitrogens with zero attached hydrogens (tertiary/aromatic N) is 1. The molecule has 1 aromatic heterocycles. The largest absolute Gasteiger partial charge is 0.480 e. The van der Waals surface area contributed by atoms with Crippen LogP contribution in [-0.2, 0) is 16.0 Å². The summed E-state index contributed by atoms with van der Waals surface area (Å²) in [6.45, 7) is 4.08. The summed E-state index contributed by atoms with van der Waals surface area (Å²) in [7, 11) is 0. The van der Waals surface area contributed by atoms with Crippen LogP contribution in [0.3, 0.4) is 0 Å². The van der Waals surface area contributed by atoms with Crippen LogP contribution in [0.2, 0.25) is 0 Å². The van der Waals surface area contributed by atoms with Crippen molar-refractivity contribution >= 4 is 23.2 Å². The second-order valence-electron chi connectivity index (χ2n) is 3.90. The fourth-order valence-corrected chi connectivity index (χ4v) is 2.08. The van der Waals surface area contributed by atoms with E-state index in [9.17, 15) is 9.59 Å². The molecule has 6 nitrogen and oxygen atoms in total. The van der Waals surface area contributed by atoms with Gasteiger partial charge in [0.25, 0.3) is 0 Å². The molecule has 0 fully saturated rings. The SMILES string of the molecule is CC(=O)NC(CNCCc1csc(C)n1)C(=O)O. The molecule has 0 saturated heterocycles. The summed E-state index contributed by atoms with van der Waals surface area (Å²) >= 11 is 1.59. The Kier molecular flexibility index (Phi) is 5.73. The Morgan fingerprint density at radius 1 is 1.56 bits per heavy atom.